The molecule has 1 aliphatic heterocycles. The lowest BCUT2D eigenvalue weighted by Crippen LogP contribution is -2.49. The molecule has 1 fully saturated rings. The maximum atomic E-state index is 11.9. The smallest absolute Gasteiger partial charge is 0.410 e. The SMILES string of the molecule is C=CCN[C@@H]1CCCN(C(=O)OC(C)(C)C)C1. The van der Waals surface area contributed by atoms with E-state index in [0.717, 1.165) is 32.5 Å². The summed E-state index contributed by atoms with van der Waals surface area (Å²) < 4.78 is 5.37. The third kappa shape index (κ3) is 5.22. The molecule has 1 atom stereocenters. The van der Waals surface area contributed by atoms with E-state index in [1.165, 1.54) is 0 Å². The standard InChI is InChI=1S/C13H24N2O2/c1-5-8-14-11-7-6-9-15(10-11)12(16)17-13(2,3)4/h5,11,14H,1,6-10H2,2-4H3/t11-/m1/s1. The average molecular weight is 240 g/mol. The van der Waals surface area contributed by atoms with Crippen LogP contribution in [0, 0.1) is 0 Å². The zero-order valence-electron chi connectivity index (χ0n) is 11.2. The number of nitrogens with one attached hydrogen (secondary N) is 1. The maximum Gasteiger partial charge on any atom is 0.410 e. The molecule has 1 amide bonds. The number of rotatable bonds is 3. The van der Waals surface area contributed by atoms with Crippen molar-refractivity contribution in [2.45, 2.75) is 45.3 Å². The minimum absolute atomic E-state index is 0.206. The lowest BCUT2D eigenvalue weighted by Gasteiger charge is -2.34. The van der Waals surface area contributed by atoms with Gasteiger partial charge < -0.3 is 15.0 Å². The summed E-state index contributed by atoms with van der Waals surface area (Å²) in [5.74, 6) is 0. The highest BCUT2D eigenvalue weighted by Crippen LogP contribution is 2.15. The second kappa shape index (κ2) is 6.05. The largest absolute Gasteiger partial charge is 0.444 e. The molecule has 0 unspecified atom stereocenters. The first-order valence-corrected chi connectivity index (χ1v) is 6.24. The fourth-order valence-corrected chi connectivity index (χ4v) is 1.89. The van der Waals surface area contributed by atoms with E-state index in [4.69, 9.17) is 4.74 Å². The van der Waals surface area contributed by atoms with E-state index in [2.05, 4.69) is 11.9 Å². The number of hydrogen-bond acceptors (Lipinski definition) is 3. The first kappa shape index (κ1) is 14.0. The van der Waals surface area contributed by atoms with Gasteiger partial charge in [-0.1, -0.05) is 6.08 Å². The highest BCUT2D eigenvalue weighted by molar-refractivity contribution is 5.68. The quantitative estimate of drug-likeness (QED) is 0.769. The summed E-state index contributed by atoms with van der Waals surface area (Å²) in [6, 6.07) is 0.356. The van der Waals surface area contributed by atoms with Crippen LogP contribution in [0.2, 0.25) is 0 Å². The minimum atomic E-state index is -0.418. The zero-order chi connectivity index (χ0) is 12.9. The van der Waals surface area contributed by atoms with Crippen LogP contribution in [-0.4, -0.2) is 42.3 Å². The van der Waals surface area contributed by atoms with Crippen LogP contribution < -0.4 is 5.32 Å². The Bertz CT molecular complexity index is 271. The van der Waals surface area contributed by atoms with Crippen molar-refractivity contribution in [2.24, 2.45) is 0 Å². The lowest BCUT2D eigenvalue weighted by atomic mass is 10.1. The van der Waals surface area contributed by atoms with Crippen LogP contribution in [0.1, 0.15) is 33.6 Å². The highest BCUT2D eigenvalue weighted by atomic mass is 16.6. The molecule has 0 aromatic carbocycles. The first-order valence-electron chi connectivity index (χ1n) is 6.24. The molecule has 1 N–H and O–H groups in total. The summed E-state index contributed by atoms with van der Waals surface area (Å²) in [5.41, 5.74) is -0.418. The fourth-order valence-electron chi connectivity index (χ4n) is 1.89. The number of likely N-dealkylation sites (tertiary alicyclic amines) is 1. The molecule has 0 spiro atoms. The van der Waals surface area contributed by atoms with Crippen LogP contribution in [0.3, 0.4) is 0 Å². The molecule has 1 rings (SSSR count). The van der Waals surface area contributed by atoms with E-state index >= 15 is 0 Å². The summed E-state index contributed by atoms with van der Waals surface area (Å²) in [6.07, 6.45) is 3.76. The van der Waals surface area contributed by atoms with Crippen LogP contribution in [0.5, 0.6) is 0 Å². The third-order valence-electron chi connectivity index (χ3n) is 2.62. The van der Waals surface area contributed by atoms with Gasteiger partial charge in [0.15, 0.2) is 0 Å². The third-order valence-corrected chi connectivity index (χ3v) is 2.62. The van der Waals surface area contributed by atoms with Crippen molar-refractivity contribution in [3.8, 4) is 0 Å². The molecule has 0 aliphatic carbocycles. The van der Waals surface area contributed by atoms with E-state index in [-0.39, 0.29) is 6.09 Å². The van der Waals surface area contributed by atoms with Gasteiger partial charge in [-0.2, -0.15) is 0 Å². The van der Waals surface area contributed by atoms with Crippen molar-refractivity contribution in [1.82, 2.24) is 10.2 Å². The van der Waals surface area contributed by atoms with Crippen LogP contribution in [0.25, 0.3) is 0 Å². The van der Waals surface area contributed by atoms with Gasteiger partial charge >= 0.3 is 6.09 Å². The van der Waals surface area contributed by atoms with Gasteiger partial charge in [0.2, 0.25) is 0 Å². The molecule has 0 saturated carbocycles. The van der Waals surface area contributed by atoms with Crippen LogP contribution in [-0.2, 0) is 4.74 Å². The molecular formula is C13H24N2O2. The van der Waals surface area contributed by atoms with Gasteiger partial charge in [-0.05, 0) is 33.6 Å². The van der Waals surface area contributed by atoms with Crippen molar-refractivity contribution in [3.05, 3.63) is 12.7 Å². The molecule has 17 heavy (non-hydrogen) atoms. The first-order chi connectivity index (χ1) is 7.92. The van der Waals surface area contributed by atoms with E-state index in [1.54, 1.807) is 4.90 Å². The van der Waals surface area contributed by atoms with Crippen LogP contribution in [0.4, 0.5) is 4.79 Å². The molecule has 0 bridgehead atoms. The van der Waals surface area contributed by atoms with Crippen molar-refractivity contribution < 1.29 is 9.53 Å². The Morgan fingerprint density at radius 3 is 2.88 bits per heavy atom. The van der Waals surface area contributed by atoms with E-state index < -0.39 is 5.60 Å². The van der Waals surface area contributed by atoms with Crippen LogP contribution >= 0.6 is 0 Å². The van der Waals surface area contributed by atoms with Gasteiger partial charge in [0, 0.05) is 25.7 Å². The number of carbonyl (C=O) groups excluding carboxylic acids is 1. The molecular weight excluding hydrogens is 216 g/mol. The number of carbonyl (C=O) groups is 1. The molecule has 0 aromatic heterocycles. The van der Waals surface area contributed by atoms with Crippen molar-refractivity contribution in [3.63, 3.8) is 0 Å². The van der Waals surface area contributed by atoms with Gasteiger partial charge in [0.1, 0.15) is 5.60 Å². The van der Waals surface area contributed by atoms with E-state index in [9.17, 15) is 4.79 Å². The molecule has 0 radical (unpaired) electrons. The molecule has 4 nitrogen and oxygen atoms in total. The Morgan fingerprint density at radius 2 is 2.29 bits per heavy atom. The molecule has 1 saturated heterocycles. The highest BCUT2D eigenvalue weighted by Gasteiger charge is 2.26. The maximum absolute atomic E-state index is 11.9. The van der Waals surface area contributed by atoms with E-state index in [0.29, 0.717) is 6.04 Å². The summed E-state index contributed by atoms with van der Waals surface area (Å²) in [7, 11) is 0. The number of hydrogen-bond donors (Lipinski definition) is 1. The number of ether oxygens (including phenoxy) is 1. The lowest BCUT2D eigenvalue weighted by molar-refractivity contribution is 0.0189. The Labute approximate surface area is 104 Å². The summed E-state index contributed by atoms with van der Waals surface area (Å²) in [4.78, 5) is 13.7. The number of amides is 1. The Morgan fingerprint density at radius 1 is 1.59 bits per heavy atom. The van der Waals surface area contributed by atoms with Crippen molar-refractivity contribution >= 4 is 6.09 Å². The second-order valence-corrected chi connectivity index (χ2v) is 5.46. The molecule has 4 heteroatoms. The molecule has 0 aromatic rings. The predicted molar refractivity (Wildman–Crippen MR) is 69.0 cm³/mol. The fraction of sp³-hybridized carbons (Fsp3) is 0.769. The Balaban J connectivity index is 2.43. The van der Waals surface area contributed by atoms with Gasteiger partial charge in [-0.25, -0.2) is 4.79 Å². The summed E-state index contributed by atoms with van der Waals surface area (Å²) in [5, 5.41) is 3.35. The van der Waals surface area contributed by atoms with Gasteiger partial charge in [-0.3, -0.25) is 0 Å². The van der Waals surface area contributed by atoms with E-state index in [1.807, 2.05) is 26.8 Å². The van der Waals surface area contributed by atoms with Crippen molar-refractivity contribution in [1.29, 1.82) is 0 Å². The van der Waals surface area contributed by atoms with Crippen molar-refractivity contribution in [2.75, 3.05) is 19.6 Å². The molecule has 98 valence electrons. The zero-order valence-corrected chi connectivity index (χ0v) is 11.2. The van der Waals surface area contributed by atoms with Gasteiger partial charge in [0.25, 0.3) is 0 Å². The summed E-state index contributed by atoms with van der Waals surface area (Å²) in [6.45, 7) is 11.7. The van der Waals surface area contributed by atoms with Crippen LogP contribution in [0.15, 0.2) is 12.7 Å². The molecule has 1 aliphatic rings. The Kier molecular flexibility index (Phi) is 5.00. The second-order valence-electron chi connectivity index (χ2n) is 5.46. The normalized spacial score (nSPS) is 21.1. The Hall–Kier alpha value is -1.03. The number of piperidine rings is 1. The number of nitrogens with zero attached hydrogens (tertiary/aromatic N) is 1. The average Bonchev–Trinajstić information content (AvgIpc) is 2.24. The monoisotopic (exact) mass is 240 g/mol. The topological polar surface area (TPSA) is 41.6 Å². The van der Waals surface area contributed by atoms with Gasteiger partial charge in [-0.15, -0.1) is 6.58 Å². The van der Waals surface area contributed by atoms with Gasteiger partial charge in [0.05, 0.1) is 0 Å². The molecule has 1 heterocycles. The predicted octanol–water partition coefficient (Wildman–Crippen LogP) is 2.16. The summed E-state index contributed by atoms with van der Waals surface area (Å²) >= 11 is 0. The minimum Gasteiger partial charge on any atom is -0.444 e.